The molecule has 0 radical (unpaired) electrons. The average molecular weight is 282 g/mol. The molecule has 1 aromatic rings. The van der Waals surface area contributed by atoms with E-state index in [1.807, 2.05) is 6.92 Å². The molecule has 5 nitrogen and oxygen atoms in total. The Hall–Kier alpha value is -1.69. The van der Waals surface area contributed by atoms with Crippen LogP contribution in [0, 0.1) is 6.92 Å². The van der Waals surface area contributed by atoms with Crippen LogP contribution in [0.4, 0.5) is 11.4 Å². The maximum atomic E-state index is 12.0. The standard InChI is InChI=1S/C13H18N2O3S/c1-8-10(14)5-4-6-11(8)15-13(17)9(2)19-7-12(16)18-3/h4-6,9H,7,14H2,1-3H3,(H,15,17). The fourth-order valence-corrected chi connectivity index (χ4v) is 2.07. The van der Waals surface area contributed by atoms with Gasteiger partial charge in [0, 0.05) is 11.4 Å². The number of thioether (sulfide) groups is 1. The highest BCUT2D eigenvalue weighted by molar-refractivity contribution is 8.01. The number of methoxy groups -OCH3 is 1. The number of hydrogen-bond acceptors (Lipinski definition) is 5. The molecule has 0 aliphatic heterocycles. The first-order valence-corrected chi connectivity index (χ1v) is 6.85. The Bertz CT molecular complexity index is 477. The van der Waals surface area contributed by atoms with E-state index in [4.69, 9.17) is 5.73 Å². The number of hydrogen-bond donors (Lipinski definition) is 2. The first-order valence-electron chi connectivity index (χ1n) is 5.80. The van der Waals surface area contributed by atoms with Gasteiger partial charge in [0.15, 0.2) is 0 Å². The molecule has 0 aromatic heterocycles. The summed E-state index contributed by atoms with van der Waals surface area (Å²) in [4.78, 5) is 23.0. The zero-order valence-electron chi connectivity index (χ0n) is 11.2. The summed E-state index contributed by atoms with van der Waals surface area (Å²) < 4.78 is 4.53. The molecule has 3 N–H and O–H groups in total. The lowest BCUT2D eigenvalue weighted by Gasteiger charge is -2.14. The van der Waals surface area contributed by atoms with Crippen LogP contribution in [0.3, 0.4) is 0 Å². The van der Waals surface area contributed by atoms with Crippen molar-refractivity contribution in [3.63, 3.8) is 0 Å². The molecule has 0 bridgehead atoms. The number of esters is 1. The molecule has 6 heteroatoms. The van der Waals surface area contributed by atoms with Crippen LogP contribution >= 0.6 is 11.8 Å². The quantitative estimate of drug-likeness (QED) is 0.636. The van der Waals surface area contributed by atoms with Gasteiger partial charge in [-0.25, -0.2) is 0 Å². The van der Waals surface area contributed by atoms with Gasteiger partial charge in [0.2, 0.25) is 5.91 Å². The molecule has 0 saturated carbocycles. The summed E-state index contributed by atoms with van der Waals surface area (Å²) in [5.74, 6) is -0.353. The van der Waals surface area contributed by atoms with Gasteiger partial charge in [-0.3, -0.25) is 9.59 Å². The smallest absolute Gasteiger partial charge is 0.315 e. The van der Waals surface area contributed by atoms with Crippen molar-refractivity contribution in [3.8, 4) is 0 Å². The van der Waals surface area contributed by atoms with E-state index in [2.05, 4.69) is 10.1 Å². The van der Waals surface area contributed by atoms with Gasteiger partial charge in [0.25, 0.3) is 0 Å². The Kier molecular flexibility index (Phi) is 5.69. The second-order valence-corrected chi connectivity index (χ2v) is 5.37. The first kappa shape index (κ1) is 15.4. The van der Waals surface area contributed by atoms with Crippen LogP contribution in [0.25, 0.3) is 0 Å². The lowest BCUT2D eigenvalue weighted by Crippen LogP contribution is -2.24. The number of nitrogens with two attached hydrogens (primary N) is 1. The summed E-state index contributed by atoms with van der Waals surface area (Å²) in [6, 6.07) is 5.35. The third kappa shape index (κ3) is 4.48. The van der Waals surface area contributed by atoms with Gasteiger partial charge in [-0.1, -0.05) is 6.07 Å². The van der Waals surface area contributed by atoms with Gasteiger partial charge in [0.1, 0.15) is 0 Å². The maximum Gasteiger partial charge on any atom is 0.315 e. The van der Waals surface area contributed by atoms with Crippen LogP contribution < -0.4 is 11.1 Å². The van der Waals surface area contributed by atoms with E-state index < -0.39 is 0 Å². The second kappa shape index (κ2) is 7.04. The number of benzene rings is 1. The van der Waals surface area contributed by atoms with Gasteiger partial charge in [0.05, 0.1) is 18.1 Å². The van der Waals surface area contributed by atoms with Gasteiger partial charge in [-0.15, -0.1) is 11.8 Å². The zero-order valence-corrected chi connectivity index (χ0v) is 12.0. The Labute approximate surface area is 116 Å². The first-order chi connectivity index (χ1) is 8.95. The zero-order chi connectivity index (χ0) is 14.4. The minimum absolute atomic E-state index is 0.154. The lowest BCUT2D eigenvalue weighted by molar-refractivity contribution is -0.137. The maximum absolute atomic E-state index is 12.0. The summed E-state index contributed by atoms with van der Waals surface area (Å²) >= 11 is 1.23. The summed E-state index contributed by atoms with van der Waals surface area (Å²) in [7, 11) is 1.32. The topological polar surface area (TPSA) is 81.4 Å². The Morgan fingerprint density at radius 3 is 2.79 bits per heavy atom. The number of ether oxygens (including phenoxy) is 1. The van der Waals surface area contributed by atoms with Gasteiger partial charge in [-0.2, -0.15) is 0 Å². The molecule has 0 aliphatic carbocycles. The van der Waals surface area contributed by atoms with Gasteiger partial charge >= 0.3 is 5.97 Å². The van der Waals surface area contributed by atoms with Crippen LogP contribution in [-0.4, -0.2) is 30.0 Å². The molecule has 104 valence electrons. The molecule has 0 aliphatic rings. The van der Waals surface area contributed by atoms with Crippen molar-refractivity contribution in [2.45, 2.75) is 19.1 Å². The number of carbonyl (C=O) groups excluding carboxylic acids is 2. The molecule has 1 atom stereocenters. The number of nitrogens with one attached hydrogen (secondary N) is 1. The fourth-order valence-electron chi connectivity index (χ4n) is 1.35. The third-order valence-electron chi connectivity index (χ3n) is 2.68. The van der Waals surface area contributed by atoms with E-state index in [0.717, 1.165) is 5.56 Å². The molecule has 1 rings (SSSR count). The van der Waals surface area contributed by atoms with Crippen LogP contribution in [0.15, 0.2) is 18.2 Å². The van der Waals surface area contributed by atoms with Crippen molar-refractivity contribution in [1.29, 1.82) is 0 Å². The molecule has 0 heterocycles. The molecular formula is C13H18N2O3S. The van der Waals surface area contributed by atoms with E-state index in [0.29, 0.717) is 11.4 Å². The summed E-state index contributed by atoms with van der Waals surface area (Å²) in [5, 5.41) is 2.45. The van der Waals surface area contributed by atoms with E-state index in [1.54, 1.807) is 25.1 Å². The average Bonchev–Trinajstić information content (AvgIpc) is 2.40. The van der Waals surface area contributed by atoms with Crippen molar-refractivity contribution >= 4 is 35.0 Å². The predicted molar refractivity (Wildman–Crippen MR) is 78.2 cm³/mol. The van der Waals surface area contributed by atoms with E-state index in [9.17, 15) is 9.59 Å². The summed E-state index contributed by atoms with van der Waals surface area (Å²) in [6.07, 6.45) is 0. The largest absolute Gasteiger partial charge is 0.468 e. The van der Waals surface area contributed by atoms with Gasteiger partial charge in [-0.05, 0) is 31.5 Å². The normalized spacial score (nSPS) is 11.7. The van der Waals surface area contributed by atoms with E-state index in [-0.39, 0.29) is 22.9 Å². The summed E-state index contributed by atoms with van der Waals surface area (Å²) in [6.45, 7) is 3.59. The van der Waals surface area contributed by atoms with Crippen LogP contribution in [0.2, 0.25) is 0 Å². The number of amides is 1. The lowest BCUT2D eigenvalue weighted by atomic mass is 10.1. The van der Waals surface area contributed by atoms with Crippen molar-refractivity contribution < 1.29 is 14.3 Å². The molecular weight excluding hydrogens is 264 g/mol. The Morgan fingerprint density at radius 1 is 1.47 bits per heavy atom. The number of rotatable bonds is 5. The van der Waals surface area contributed by atoms with Crippen LogP contribution in [-0.2, 0) is 14.3 Å². The van der Waals surface area contributed by atoms with E-state index >= 15 is 0 Å². The predicted octanol–water partition coefficient (Wildman–Crippen LogP) is 1.81. The Morgan fingerprint density at radius 2 is 2.16 bits per heavy atom. The van der Waals surface area contributed by atoms with Crippen molar-refractivity contribution in [2.24, 2.45) is 0 Å². The molecule has 1 unspecified atom stereocenters. The molecule has 0 spiro atoms. The molecule has 0 saturated heterocycles. The fraction of sp³-hybridized carbons (Fsp3) is 0.385. The highest BCUT2D eigenvalue weighted by Gasteiger charge is 2.16. The third-order valence-corrected chi connectivity index (χ3v) is 3.80. The monoisotopic (exact) mass is 282 g/mol. The van der Waals surface area contributed by atoms with Crippen molar-refractivity contribution in [2.75, 3.05) is 23.9 Å². The Balaban J connectivity index is 2.59. The van der Waals surface area contributed by atoms with Gasteiger partial charge < -0.3 is 15.8 Å². The molecule has 1 amide bonds. The number of carbonyl (C=O) groups is 2. The van der Waals surface area contributed by atoms with E-state index in [1.165, 1.54) is 18.9 Å². The molecule has 0 fully saturated rings. The minimum Gasteiger partial charge on any atom is -0.468 e. The number of nitrogen functional groups attached to an aromatic ring is 1. The highest BCUT2D eigenvalue weighted by atomic mass is 32.2. The minimum atomic E-state index is -0.347. The van der Waals surface area contributed by atoms with Crippen LogP contribution in [0.5, 0.6) is 0 Å². The van der Waals surface area contributed by atoms with Crippen molar-refractivity contribution in [1.82, 2.24) is 0 Å². The van der Waals surface area contributed by atoms with Crippen LogP contribution in [0.1, 0.15) is 12.5 Å². The second-order valence-electron chi connectivity index (χ2n) is 4.04. The molecule has 1 aromatic carbocycles. The SMILES string of the molecule is COC(=O)CSC(C)C(=O)Nc1cccc(N)c1C. The van der Waals surface area contributed by atoms with Crippen molar-refractivity contribution in [3.05, 3.63) is 23.8 Å². The molecule has 19 heavy (non-hydrogen) atoms. The number of anilines is 2. The summed E-state index contributed by atoms with van der Waals surface area (Å²) in [5.41, 5.74) is 7.93. The highest BCUT2D eigenvalue weighted by Crippen LogP contribution is 2.22.